The molecule has 43 heavy (non-hydrogen) atoms. The number of Topliss-reactive ketones (excluding diaryl/α,β-unsaturated/α-hetero) is 1. The van der Waals surface area contributed by atoms with E-state index in [0.29, 0.717) is 32.2 Å². The molecule has 5 atom stereocenters. The summed E-state index contributed by atoms with van der Waals surface area (Å²) in [6, 6.07) is 15.6. The number of carbonyl (C=O) groups excluding carboxylic acids is 4. The molecular formula is C33H42N4O6. The highest BCUT2D eigenvalue weighted by molar-refractivity contribution is 5.94. The van der Waals surface area contributed by atoms with Crippen molar-refractivity contribution in [2.24, 2.45) is 11.7 Å². The van der Waals surface area contributed by atoms with Gasteiger partial charge in [-0.15, -0.1) is 0 Å². The second-order valence-corrected chi connectivity index (χ2v) is 11.7. The molecule has 2 aliphatic heterocycles. The molecule has 0 radical (unpaired) electrons. The van der Waals surface area contributed by atoms with Gasteiger partial charge in [-0.3, -0.25) is 19.2 Å². The highest BCUT2D eigenvalue weighted by Crippen LogP contribution is 2.31. The number of benzene rings is 2. The number of carboxylic acid groups (broad SMARTS) is 1. The maximum Gasteiger partial charge on any atom is 0.326 e. The molecule has 0 bridgehead atoms. The van der Waals surface area contributed by atoms with Crippen LogP contribution in [0.15, 0.2) is 60.7 Å². The summed E-state index contributed by atoms with van der Waals surface area (Å²) < 4.78 is 0. The van der Waals surface area contributed by atoms with E-state index in [4.69, 9.17) is 5.73 Å². The fraction of sp³-hybridized carbons (Fsp3) is 0.485. The molecule has 10 heteroatoms. The van der Waals surface area contributed by atoms with Gasteiger partial charge in [0.05, 0.1) is 0 Å². The largest absolute Gasteiger partial charge is 0.480 e. The number of nitrogens with one attached hydrogen (secondary N) is 1. The van der Waals surface area contributed by atoms with Crippen LogP contribution >= 0.6 is 0 Å². The van der Waals surface area contributed by atoms with Crippen LogP contribution in [0.5, 0.6) is 0 Å². The molecule has 2 aliphatic rings. The van der Waals surface area contributed by atoms with Crippen LogP contribution in [-0.2, 0) is 36.8 Å². The summed E-state index contributed by atoms with van der Waals surface area (Å²) in [7, 11) is 0. The van der Waals surface area contributed by atoms with Gasteiger partial charge in [0.15, 0.2) is 0 Å². The lowest BCUT2D eigenvalue weighted by atomic mass is 9.98. The van der Waals surface area contributed by atoms with Crippen molar-refractivity contribution in [3.8, 4) is 0 Å². The van der Waals surface area contributed by atoms with Crippen molar-refractivity contribution in [2.45, 2.75) is 82.5 Å². The normalized spacial score (nSPS) is 21.3. The number of hydrogen-bond acceptors (Lipinski definition) is 6. The van der Waals surface area contributed by atoms with Gasteiger partial charge >= 0.3 is 5.97 Å². The van der Waals surface area contributed by atoms with Gasteiger partial charge in [0.2, 0.25) is 17.7 Å². The predicted octanol–water partition coefficient (Wildman–Crippen LogP) is 2.34. The minimum absolute atomic E-state index is 0.0114. The molecule has 2 heterocycles. The van der Waals surface area contributed by atoms with E-state index in [1.54, 1.807) is 6.92 Å². The van der Waals surface area contributed by atoms with E-state index in [9.17, 15) is 29.1 Å². The number of hydrogen-bond donors (Lipinski definition) is 3. The number of ketones is 1. The van der Waals surface area contributed by atoms with Gasteiger partial charge in [-0.2, -0.15) is 0 Å². The first-order chi connectivity index (χ1) is 20.7. The standard InChI is InChI=1S/C33H42N4O6/c1-2-26(38)17-24-19-29(32(41)36-15-9-14-28(36)33(42)43)37(21-24)31(40)27(18-23-12-7-4-8-13-23)35-30(39)20-25(34)16-22-10-5-3-6-11-22/h3-8,10-13,24-25,27-29H,2,9,14-21,34H2,1H3,(H,35,39)(H,42,43)/t24-,25+,27+,28+,29+/m1/s1. The molecule has 2 aromatic rings. The zero-order chi connectivity index (χ0) is 30.9. The number of carbonyl (C=O) groups is 5. The molecule has 2 saturated heterocycles. The Balaban J connectivity index is 1.55. The number of likely N-dealkylation sites (tertiary alicyclic amines) is 2. The Morgan fingerprint density at radius 3 is 2.16 bits per heavy atom. The number of aliphatic carboxylic acids is 1. The van der Waals surface area contributed by atoms with Crippen molar-refractivity contribution >= 4 is 29.5 Å². The first-order valence-corrected chi connectivity index (χ1v) is 15.1. The molecule has 0 aromatic heterocycles. The van der Waals surface area contributed by atoms with Gasteiger partial charge in [-0.25, -0.2) is 4.79 Å². The molecule has 2 fully saturated rings. The fourth-order valence-corrected chi connectivity index (χ4v) is 6.22. The molecule has 10 nitrogen and oxygen atoms in total. The highest BCUT2D eigenvalue weighted by atomic mass is 16.4. The third-order valence-electron chi connectivity index (χ3n) is 8.39. The Labute approximate surface area is 252 Å². The van der Waals surface area contributed by atoms with Crippen molar-refractivity contribution in [3.63, 3.8) is 0 Å². The van der Waals surface area contributed by atoms with Gasteiger partial charge in [-0.05, 0) is 42.7 Å². The fourth-order valence-electron chi connectivity index (χ4n) is 6.22. The molecule has 230 valence electrons. The summed E-state index contributed by atoms with van der Waals surface area (Å²) in [5.41, 5.74) is 8.13. The van der Waals surface area contributed by atoms with Crippen molar-refractivity contribution in [3.05, 3.63) is 71.8 Å². The van der Waals surface area contributed by atoms with E-state index >= 15 is 0 Å². The average Bonchev–Trinajstić information content (AvgIpc) is 3.65. The van der Waals surface area contributed by atoms with Crippen molar-refractivity contribution < 1.29 is 29.1 Å². The van der Waals surface area contributed by atoms with Crippen LogP contribution in [-0.4, -0.2) is 81.6 Å². The van der Waals surface area contributed by atoms with Gasteiger partial charge < -0.3 is 26.0 Å². The van der Waals surface area contributed by atoms with Crippen LogP contribution in [0.3, 0.4) is 0 Å². The number of nitrogens with two attached hydrogens (primary N) is 1. The summed E-state index contributed by atoms with van der Waals surface area (Å²) in [6.45, 7) is 2.26. The molecule has 2 aromatic carbocycles. The minimum atomic E-state index is -1.07. The summed E-state index contributed by atoms with van der Waals surface area (Å²) in [5.74, 6) is -2.48. The second-order valence-electron chi connectivity index (χ2n) is 11.7. The molecule has 0 spiro atoms. The lowest BCUT2D eigenvalue weighted by Gasteiger charge is -2.32. The monoisotopic (exact) mass is 590 g/mol. The van der Waals surface area contributed by atoms with E-state index in [2.05, 4.69) is 5.32 Å². The van der Waals surface area contributed by atoms with E-state index < -0.39 is 42.0 Å². The first kappa shape index (κ1) is 31.9. The Bertz CT molecular complexity index is 1290. The van der Waals surface area contributed by atoms with E-state index in [1.165, 1.54) is 9.80 Å². The molecule has 0 saturated carbocycles. The first-order valence-electron chi connectivity index (χ1n) is 15.1. The third-order valence-corrected chi connectivity index (χ3v) is 8.39. The van der Waals surface area contributed by atoms with Crippen LogP contribution in [0.25, 0.3) is 0 Å². The average molecular weight is 591 g/mol. The Morgan fingerprint density at radius 1 is 0.930 bits per heavy atom. The molecular weight excluding hydrogens is 548 g/mol. The number of rotatable bonds is 13. The molecule has 4 rings (SSSR count). The second kappa shape index (κ2) is 14.9. The van der Waals surface area contributed by atoms with Crippen LogP contribution in [0.1, 0.15) is 56.6 Å². The smallest absolute Gasteiger partial charge is 0.326 e. The molecule has 0 unspecified atom stereocenters. The van der Waals surface area contributed by atoms with Crippen LogP contribution in [0.4, 0.5) is 0 Å². The SMILES string of the molecule is CCC(=O)C[C@@H]1C[C@@H](C(=O)N2CCC[C@H]2C(=O)O)N(C(=O)[C@H](Cc2ccccc2)NC(=O)C[C@@H](N)Cc2ccccc2)C1. The number of amides is 3. The van der Waals surface area contributed by atoms with Gasteiger partial charge in [0.25, 0.3) is 0 Å². The predicted molar refractivity (Wildman–Crippen MR) is 161 cm³/mol. The topological polar surface area (TPSA) is 150 Å². The molecule has 4 N–H and O–H groups in total. The summed E-state index contributed by atoms with van der Waals surface area (Å²) in [4.78, 5) is 68.2. The highest BCUT2D eigenvalue weighted by Gasteiger charge is 2.46. The van der Waals surface area contributed by atoms with Crippen LogP contribution < -0.4 is 11.1 Å². The quantitative estimate of drug-likeness (QED) is 0.324. The Morgan fingerprint density at radius 2 is 1.56 bits per heavy atom. The Kier molecular flexibility index (Phi) is 11.1. The molecule has 3 amide bonds. The molecule has 0 aliphatic carbocycles. The minimum Gasteiger partial charge on any atom is -0.480 e. The van der Waals surface area contributed by atoms with E-state index in [0.717, 1.165) is 11.1 Å². The Hall–Kier alpha value is -4.05. The van der Waals surface area contributed by atoms with E-state index in [1.807, 2.05) is 60.7 Å². The number of carboxylic acids is 1. The van der Waals surface area contributed by atoms with E-state index in [-0.39, 0.29) is 49.8 Å². The maximum absolute atomic E-state index is 14.2. The van der Waals surface area contributed by atoms with Crippen LogP contribution in [0, 0.1) is 5.92 Å². The van der Waals surface area contributed by atoms with Gasteiger partial charge in [0.1, 0.15) is 23.9 Å². The zero-order valence-corrected chi connectivity index (χ0v) is 24.7. The van der Waals surface area contributed by atoms with Crippen molar-refractivity contribution in [1.29, 1.82) is 0 Å². The van der Waals surface area contributed by atoms with Crippen molar-refractivity contribution in [2.75, 3.05) is 13.1 Å². The summed E-state index contributed by atoms with van der Waals surface area (Å²) in [5, 5.41) is 12.6. The summed E-state index contributed by atoms with van der Waals surface area (Å²) in [6.07, 6.45) is 2.50. The number of nitrogens with zero attached hydrogens (tertiary/aromatic N) is 2. The summed E-state index contributed by atoms with van der Waals surface area (Å²) >= 11 is 0. The van der Waals surface area contributed by atoms with Gasteiger partial charge in [-0.1, -0.05) is 67.6 Å². The van der Waals surface area contributed by atoms with Gasteiger partial charge in [0, 0.05) is 44.8 Å². The van der Waals surface area contributed by atoms with Crippen molar-refractivity contribution in [1.82, 2.24) is 15.1 Å². The lowest BCUT2D eigenvalue weighted by molar-refractivity contribution is -0.152. The lowest BCUT2D eigenvalue weighted by Crippen LogP contribution is -2.56. The third kappa shape index (κ3) is 8.50. The zero-order valence-electron chi connectivity index (χ0n) is 24.7. The maximum atomic E-state index is 14.2. The van der Waals surface area contributed by atoms with Crippen LogP contribution in [0.2, 0.25) is 0 Å².